The summed E-state index contributed by atoms with van der Waals surface area (Å²) in [6.07, 6.45) is 1.17. The maximum atomic E-state index is 12.1. The Morgan fingerprint density at radius 3 is 2.68 bits per heavy atom. The zero-order chi connectivity index (χ0) is 14.0. The van der Waals surface area contributed by atoms with Crippen LogP contribution in [0.25, 0.3) is 0 Å². The fourth-order valence-corrected chi connectivity index (χ4v) is 3.54. The van der Waals surface area contributed by atoms with Crippen molar-refractivity contribution in [2.75, 3.05) is 0 Å². The Balaban J connectivity index is 2.22. The second-order valence-corrected chi connectivity index (χ2v) is 6.66. The number of H-pyrrole nitrogens is 1. The molecule has 0 aromatic carbocycles. The van der Waals surface area contributed by atoms with E-state index in [-0.39, 0.29) is 10.5 Å². The quantitative estimate of drug-likeness (QED) is 0.886. The van der Waals surface area contributed by atoms with Crippen LogP contribution in [0.15, 0.2) is 33.4 Å². The van der Waals surface area contributed by atoms with E-state index in [1.165, 1.54) is 29.7 Å². The molecule has 0 saturated heterocycles. The van der Waals surface area contributed by atoms with Gasteiger partial charge in [0.15, 0.2) is 0 Å². The van der Waals surface area contributed by atoms with E-state index in [1.807, 2.05) is 12.3 Å². The maximum Gasteiger partial charge on any atom is 0.247 e. The Labute approximate surface area is 114 Å². The van der Waals surface area contributed by atoms with Crippen molar-refractivity contribution in [1.29, 1.82) is 0 Å². The molecule has 0 amide bonds. The third kappa shape index (κ3) is 3.28. The number of sulfonamides is 1. The zero-order valence-corrected chi connectivity index (χ0v) is 12.0. The first-order chi connectivity index (χ1) is 8.88. The molecule has 0 radical (unpaired) electrons. The van der Waals surface area contributed by atoms with Crippen LogP contribution in [0.5, 0.6) is 0 Å². The lowest BCUT2D eigenvalue weighted by molar-refractivity contribution is 0.565. The Morgan fingerprint density at radius 1 is 1.42 bits per heavy atom. The van der Waals surface area contributed by atoms with E-state index in [0.29, 0.717) is 5.01 Å². The molecule has 0 bridgehead atoms. The summed E-state index contributed by atoms with van der Waals surface area (Å²) in [6.45, 7) is 3.57. The number of hydrogen-bond donors (Lipinski definition) is 2. The smallest absolute Gasteiger partial charge is 0.247 e. The van der Waals surface area contributed by atoms with Crippen molar-refractivity contribution in [2.24, 2.45) is 0 Å². The van der Waals surface area contributed by atoms with Gasteiger partial charge in [0.2, 0.25) is 15.6 Å². The first-order valence-corrected chi connectivity index (χ1v) is 7.88. The van der Waals surface area contributed by atoms with Crippen molar-refractivity contribution in [2.45, 2.75) is 24.8 Å². The second-order valence-electron chi connectivity index (χ2n) is 4.06. The predicted octanol–water partition coefficient (Wildman–Crippen LogP) is 1.18. The molecule has 0 saturated carbocycles. The van der Waals surface area contributed by atoms with Crippen LogP contribution in [0.1, 0.15) is 23.7 Å². The lowest BCUT2D eigenvalue weighted by Gasteiger charge is -2.11. The van der Waals surface area contributed by atoms with Gasteiger partial charge in [-0.3, -0.25) is 4.79 Å². The van der Waals surface area contributed by atoms with E-state index in [9.17, 15) is 13.2 Å². The standard InChI is InChI=1S/C11H13N3O3S2/c1-7-6-18-11(13-7)8(2)14-19(16,17)9-3-4-10(15)12-5-9/h3-6,8,14H,1-2H3,(H,12,15). The molecule has 2 N–H and O–H groups in total. The molecule has 0 spiro atoms. The highest BCUT2D eigenvalue weighted by molar-refractivity contribution is 7.89. The fourth-order valence-electron chi connectivity index (χ4n) is 1.49. The third-order valence-corrected chi connectivity index (χ3v) is 5.09. The van der Waals surface area contributed by atoms with Gasteiger partial charge in [-0.1, -0.05) is 0 Å². The zero-order valence-electron chi connectivity index (χ0n) is 10.4. The number of rotatable bonds is 4. The Bertz CT molecular complexity index is 713. The number of hydrogen-bond acceptors (Lipinski definition) is 5. The summed E-state index contributed by atoms with van der Waals surface area (Å²) in [5.41, 5.74) is 0.512. The van der Waals surface area contributed by atoms with E-state index in [4.69, 9.17) is 0 Å². The van der Waals surface area contributed by atoms with Crippen molar-refractivity contribution in [3.05, 3.63) is 44.8 Å². The number of aromatic nitrogens is 2. The van der Waals surface area contributed by atoms with Gasteiger partial charge in [-0.15, -0.1) is 11.3 Å². The summed E-state index contributed by atoms with van der Waals surface area (Å²) < 4.78 is 26.7. The number of nitrogens with zero attached hydrogens (tertiary/aromatic N) is 1. The topological polar surface area (TPSA) is 91.9 Å². The van der Waals surface area contributed by atoms with Gasteiger partial charge in [0.1, 0.15) is 5.01 Å². The molecule has 0 aliphatic rings. The number of aryl methyl sites for hydroxylation is 1. The first kappa shape index (κ1) is 13.9. The molecule has 102 valence electrons. The summed E-state index contributed by atoms with van der Waals surface area (Å²) in [5, 5.41) is 2.56. The summed E-state index contributed by atoms with van der Waals surface area (Å²) >= 11 is 1.40. The molecule has 19 heavy (non-hydrogen) atoms. The summed E-state index contributed by atoms with van der Waals surface area (Å²) in [6, 6.07) is 2.02. The summed E-state index contributed by atoms with van der Waals surface area (Å²) in [5.74, 6) is 0. The van der Waals surface area contributed by atoms with Crippen molar-refractivity contribution < 1.29 is 8.42 Å². The maximum absolute atomic E-state index is 12.1. The van der Waals surface area contributed by atoms with Crippen molar-refractivity contribution in [3.63, 3.8) is 0 Å². The number of thiazole rings is 1. The average Bonchev–Trinajstić information content (AvgIpc) is 2.76. The van der Waals surface area contributed by atoms with E-state index < -0.39 is 16.1 Å². The second kappa shape index (κ2) is 5.24. The lowest BCUT2D eigenvalue weighted by Crippen LogP contribution is -2.27. The van der Waals surface area contributed by atoms with Crippen LogP contribution >= 0.6 is 11.3 Å². The minimum absolute atomic E-state index is 0.0206. The molecule has 0 aliphatic carbocycles. The largest absolute Gasteiger partial charge is 0.328 e. The normalized spacial score (nSPS) is 13.4. The van der Waals surface area contributed by atoms with Crippen LogP contribution in [0.4, 0.5) is 0 Å². The number of aromatic amines is 1. The summed E-state index contributed by atoms with van der Waals surface area (Å²) in [7, 11) is -3.67. The van der Waals surface area contributed by atoms with Crippen molar-refractivity contribution in [3.8, 4) is 0 Å². The molecule has 2 rings (SSSR count). The van der Waals surface area contributed by atoms with Crippen LogP contribution in [0.2, 0.25) is 0 Å². The van der Waals surface area contributed by atoms with E-state index in [2.05, 4.69) is 14.7 Å². The molecule has 2 heterocycles. The lowest BCUT2D eigenvalue weighted by atomic mass is 10.4. The molecular weight excluding hydrogens is 286 g/mol. The minimum atomic E-state index is -3.67. The van der Waals surface area contributed by atoms with Gasteiger partial charge in [-0.25, -0.2) is 18.1 Å². The summed E-state index contributed by atoms with van der Waals surface area (Å²) in [4.78, 5) is 17.5. The van der Waals surface area contributed by atoms with Gasteiger partial charge < -0.3 is 4.98 Å². The molecule has 6 nitrogen and oxygen atoms in total. The van der Waals surface area contributed by atoms with Gasteiger partial charge in [0.25, 0.3) is 0 Å². The number of pyridine rings is 1. The monoisotopic (exact) mass is 299 g/mol. The average molecular weight is 299 g/mol. The molecule has 1 atom stereocenters. The van der Waals surface area contributed by atoms with Crippen LogP contribution in [-0.2, 0) is 10.0 Å². The third-order valence-electron chi connectivity index (χ3n) is 2.41. The van der Waals surface area contributed by atoms with E-state index in [1.54, 1.807) is 6.92 Å². The molecule has 0 aliphatic heterocycles. The van der Waals surface area contributed by atoms with Crippen molar-refractivity contribution >= 4 is 21.4 Å². The van der Waals surface area contributed by atoms with Gasteiger partial charge >= 0.3 is 0 Å². The molecule has 1 unspecified atom stereocenters. The van der Waals surface area contributed by atoms with Crippen LogP contribution < -0.4 is 10.3 Å². The molecule has 2 aromatic rings. The van der Waals surface area contributed by atoms with Crippen LogP contribution in [0, 0.1) is 6.92 Å². The van der Waals surface area contributed by atoms with E-state index in [0.717, 1.165) is 5.69 Å². The number of nitrogens with one attached hydrogen (secondary N) is 2. The predicted molar refractivity (Wildman–Crippen MR) is 72.7 cm³/mol. The first-order valence-electron chi connectivity index (χ1n) is 5.51. The Morgan fingerprint density at radius 2 is 2.16 bits per heavy atom. The van der Waals surface area contributed by atoms with Crippen molar-refractivity contribution in [1.82, 2.24) is 14.7 Å². The molecular formula is C11H13N3O3S2. The van der Waals surface area contributed by atoms with Gasteiger partial charge in [-0.05, 0) is 19.9 Å². The molecule has 0 fully saturated rings. The fraction of sp³-hybridized carbons (Fsp3) is 0.273. The highest BCUT2D eigenvalue weighted by Crippen LogP contribution is 2.19. The van der Waals surface area contributed by atoms with Gasteiger partial charge in [-0.2, -0.15) is 0 Å². The Hall–Kier alpha value is -1.51. The van der Waals surface area contributed by atoms with E-state index >= 15 is 0 Å². The molecule has 8 heteroatoms. The van der Waals surface area contributed by atoms with Crippen LogP contribution in [0.3, 0.4) is 0 Å². The molecule has 2 aromatic heterocycles. The highest BCUT2D eigenvalue weighted by atomic mass is 32.2. The minimum Gasteiger partial charge on any atom is -0.328 e. The van der Waals surface area contributed by atoms with Crippen LogP contribution in [-0.4, -0.2) is 18.4 Å². The Kier molecular flexibility index (Phi) is 3.83. The van der Waals surface area contributed by atoms with Gasteiger partial charge in [0, 0.05) is 23.3 Å². The SMILES string of the molecule is Cc1csc(C(C)NS(=O)(=O)c2ccc(=O)[nH]c2)n1. The highest BCUT2D eigenvalue weighted by Gasteiger charge is 2.20. The van der Waals surface area contributed by atoms with Gasteiger partial charge in [0.05, 0.1) is 10.9 Å².